The molecule has 0 aliphatic rings. The third-order valence-corrected chi connectivity index (χ3v) is 3.52. The van der Waals surface area contributed by atoms with Crippen molar-refractivity contribution in [3.05, 3.63) is 48.2 Å². The number of H-pyrrole nitrogens is 1. The molecule has 0 bridgehead atoms. The number of hydrogen-bond donors (Lipinski definition) is 3. The smallest absolute Gasteiger partial charge is 0.139 e. The van der Waals surface area contributed by atoms with E-state index >= 15 is 0 Å². The van der Waals surface area contributed by atoms with Crippen molar-refractivity contribution >= 4 is 22.4 Å². The molecule has 5 nitrogen and oxygen atoms in total. The molecule has 0 aliphatic carbocycles. The van der Waals surface area contributed by atoms with Gasteiger partial charge in [-0.15, -0.1) is 0 Å². The van der Waals surface area contributed by atoms with E-state index in [0.29, 0.717) is 5.82 Å². The number of rotatable bonds is 4. The van der Waals surface area contributed by atoms with Crippen LogP contribution in [0.3, 0.4) is 0 Å². The number of hydrogen-bond acceptors (Lipinski definition) is 5. The lowest BCUT2D eigenvalue weighted by molar-refractivity contribution is 1.09. The van der Waals surface area contributed by atoms with Crippen molar-refractivity contribution in [2.24, 2.45) is 0 Å². The van der Waals surface area contributed by atoms with Crippen LogP contribution in [0.2, 0.25) is 0 Å². The molecule has 0 saturated heterocycles. The predicted molar refractivity (Wildman–Crippen MR) is 77.9 cm³/mol. The lowest BCUT2D eigenvalue weighted by Crippen LogP contribution is -1.97. The van der Waals surface area contributed by atoms with Crippen LogP contribution in [0.4, 0.5) is 10.8 Å². The van der Waals surface area contributed by atoms with Gasteiger partial charge in [0.15, 0.2) is 0 Å². The molecule has 96 valence electrons. The maximum absolute atomic E-state index is 5.57. The van der Waals surface area contributed by atoms with Gasteiger partial charge in [0.25, 0.3) is 0 Å². The van der Waals surface area contributed by atoms with Gasteiger partial charge in [0.05, 0.1) is 5.69 Å². The molecule has 3 aromatic rings. The van der Waals surface area contributed by atoms with E-state index in [4.69, 9.17) is 5.73 Å². The predicted octanol–water partition coefficient (Wildman–Crippen LogP) is 2.73. The number of aromatic nitrogens is 3. The summed E-state index contributed by atoms with van der Waals surface area (Å²) in [6.07, 6.45) is 1.75. The highest BCUT2D eigenvalue weighted by Gasteiger charge is 2.01. The fourth-order valence-electron chi connectivity index (χ4n) is 1.78. The molecule has 0 atom stereocenters. The minimum atomic E-state index is 0.557. The van der Waals surface area contributed by atoms with Crippen molar-refractivity contribution < 1.29 is 0 Å². The quantitative estimate of drug-likeness (QED) is 0.681. The highest BCUT2D eigenvalue weighted by molar-refractivity contribution is 7.10. The van der Waals surface area contributed by atoms with Crippen LogP contribution in [0, 0.1) is 0 Å². The molecular formula is C13H13N5S. The van der Waals surface area contributed by atoms with E-state index in [2.05, 4.69) is 44.2 Å². The summed E-state index contributed by atoms with van der Waals surface area (Å²) >= 11 is 1.37. The monoisotopic (exact) mass is 271 g/mol. The zero-order chi connectivity index (χ0) is 13.1. The first kappa shape index (κ1) is 11.7. The first-order chi connectivity index (χ1) is 9.31. The summed E-state index contributed by atoms with van der Waals surface area (Å²) in [5.41, 5.74) is 8.93. The van der Waals surface area contributed by atoms with Gasteiger partial charge in [-0.25, -0.2) is 0 Å². The van der Waals surface area contributed by atoms with Crippen LogP contribution >= 0.6 is 11.5 Å². The summed E-state index contributed by atoms with van der Waals surface area (Å²) in [6, 6.07) is 12.1. The number of nitrogens with one attached hydrogen (secondary N) is 2. The second kappa shape index (κ2) is 5.11. The Morgan fingerprint density at radius 2 is 2.05 bits per heavy atom. The van der Waals surface area contributed by atoms with Crippen molar-refractivity contribution in [2.75, 3.05) is 11.1 Å². The van der Waals surface area contributed by atoms with Crippen LogP contribution in [0.15, 0.2) is 42.6 Å². The van der Waals surface area contributed by atoms with Crippen LogP contribution in [0.1, 0.15) is 5.56 Å². The number of aromatic amines is 1. The zero-order valence-corrected chi connectivity index (χ0v) is 10.9. The molecule has 0 aliphatic heterocycles. The van der Waals surface area contributed by atoms with E-state index in [-0.39, 0.29) is 0 Å². The summed E-state index contributed by atoms with van der Waals surface area (Å²) in [5, 5.41) is 11.2. The third-order valence-electron chi connectivity index (χ3n) is 2.76. The molecule has 0 fully saturated rings. The molecule has 2 heterocycles. The average Bonchev–Trinajstić information content (AvgIpc) is 3.08. The fraction of sp³-hybridized carbons (Fsp3) is 0.0769. The van der Waals surface area contributed by atoms with Gasteiger partial charge in [0.1, 0.15) is 10.8 Å². The highest BCUT2D eigenvalue weighted by Crippen LogP contribution is 2.20. The average molecular weight is 271 g/mol. The third kappa shape index (κ3) is 2.74. The Morgan fingerprint density at radius 1 is 1.21 bits per heavy atom. The lowest BCUT2D eigenvalue weighted by atomic mass is 10.1. The van der Waals surface area contributed by atoms with Crippen LogP contribution in [0.25, 0.3) is 11.3 Å². The molecule has 4 N–H and O–H groups in total. The fourth-order valence-corrected chi connectivity index (χ4v) is 2.35. The molecule has 0 spiro atoms. The van der Waals surface area contributed by atoms with Gasteiger partial charge >= 0.3 is 0 Å². The van der Waals surface area contributed by atoms with Crippen molar-refractivity contribution in [3.8, 4) is 11.3 Å². The van der Waals surface area contributed by atoms with Gasteiger partial charge in [-0.05, 0) is 28.7 Å². The minimum Gasteiger partial charge on any atom is -0.383 e. The maximum Gasteiger partial charge on any atom is 0.139 e. The summed E-state index contributed by atoms with van der Waals surface area (Å²) in [5.74, 6) is 0.557. The van der Waals surface area contributed by atoms with Crippen molar-refractivity contribution in [2.45, 2.75) is 6.54 Å². The van der Waals surface area contributed by atoms with Crippen LogP contribution in [-0.2, 0) is 6.54 Å². The number of anilines is 2. The van der Waals surface area contributed by atoms with Crippen LogP contribution < -0.4 is 11.1 Å². The molecule has 3 rings (SSSR count). The Balaban J connectivity index is 1.66. The highest BCUT2D eigenvalue weighted by atomic mass is 32.1. The normalized spacial score (nSPS) is 10.5. The number of nitrogen functional groups attached to an aromatic ring is 1. The van der Waals surface area contributed by atoms with Crippen LogP contribution in [0.5, 0.6) is 0 Å². The standard InChI is InChI=1S/C13H13N5S/c14-12-7-13(19-18-12)15-8-9-1-3-10(4-2-9)11-5-6-16-17-11/h1-7,15H,8H2,(H2,14,18)(H,16,17). The SMILES string of the molecule is Nc1cc(NCc2ccc(-c3ccn[nH]3)cc2)sn1. The molecule has 0 unspecified atom stereocenters. The first-order valence-electron chi connectivity index (χ1n) is 5.86. The molecule has 6 heteroatoms. The summed E-state index contributed by atoms with van der Waals surface area (Å²) in [7, 11) is 0. The molecule has 19 heavy (non-hydrogen) atoms. The molecule has 1 aromatic carbocycles. The first-order valence-corrected chi connectivity index (χ1v) is 6.63. The molecule has 2 aromatic heterocycles. The Bertz CT molecular complexity index is 642. The largest absolute Gasteiger partial charge is 0.383 e. The molecular weight excluding hydrogens is 258 g/mol. The number of nitrogens with zero attached hydrogens (tertiary/aromatic N) is 2. The van der Waals surface area contributed by atoms with E-state index in [0.717, 1.165) is 22.8 Å². The Hall–Kier alpha value is -2.34. The van der Waals surface area contributed by atoms with E-state index in [1.807, 2.05) is 12.1 Å². The Labute approximate surface area is 114 Å². The van der Waals surface area contributed by atoms with Gasteiger partial charge < -0.3 is 11.1 Å². The van der Waals surface area contributed by atoms with Gasteiger partial charge in [-0.2, -0.15) is 9.47 Å². The van der Waals surface area contributed by atoms with Crippen molar-refractivity contribution in [1.82, 2.24) is 14.6 Å². The number of nitrogens with two attached hydrogens (primary N) is 1. The van der Waals surface area contributed by atoms with Crippen molar-refractivity contribution in [3.63, 3.8) is 0 Å². The summed E-state index contributed by atoms with van der Waals surface area (Å²) < 4.78 is 4.02. The minimum absolute atomic E-state index is 0.557. The van der Waals surface area contributed by atoms with E-state index in [1.54, 1.807) is 6.20 Å². The zero-order valence-electron chi connectivity index (χ0n) is 10.1. The van der Waals surface area contributed by atoms with E-state index < -0.39 is 0 Å². The Morgan fingerprint density at radius 3 is 2.68 bits per heavy atom. The van der Waals surface area contributed by atoms with Gasteiger partial charge in [0, 0.05) is 18.8 Å². The second-order valence-electron chi connectivity index (χ2n) is 4.14. The topological polar surface area (TPSA) is 79.6 Å². The molecule has 0 radical (unpaired) electrons. The summed E-state index contributed by atoms with van der Waals surface area (Å²) in [6.45, 7) is 0.755. The van der Waals surface area contributed by atoms with Crippen molar-refractivity contribution in [1.29, 1.82) is 0 Å². The number of benzene rings is 1. The van der Waals surface area contributed by atoms with Gasteiger partial charge in [-0.1, -0.05) is 24.3 Å². The maximum atomic E-state index is 5.57. The molecule has 0 amide bonds. The lowest BCUT2D eigenvalue weighted by Gasteiger charge is -2.04. The molecule has 0 saturated carbocycles. The van der Waals surface area contributed by atoms with E-state index in [9.17, 15) is 0 Å². The summed E-state index contributed by atoms with van der Waals surface area (Å²) in [4.78, 5) is 0. The van der Waals surface area contributed by atoms with Gasteiger partial charge in [0.2, 0.25) is 0 Å². The van der Waals surface area contributed by atoms with Crippen LogP contribution in [-0.4, -0.2) is 14.6 Å². The van der Waals surface area contributed by atoms with E-state index in [1.165, 1.54) is 17.1 Å². The second-order valence-corrected chi connectivity index (χ2v) is 4.94. The Kier molecular flexibility index (Phi) is 3.16. The van der Waals surface area contributed by atoms with Gasteiger partial charge in [-0.3, -0.25) is 5.10 Å².